The van der Waals surface area contributed by atoms with Gasteiger partial charge in [-0.15, -0.1) is 5.10 Å². The third-order valence-corrected chi connectivity index (χ3v) is 3.68. The molecule has 1 amide bonds. The lowest BCUT2D eigenvalue weighted by Crippen LogP contribution is -2.40. The number of aliphatic carboxylic acids is 1. The van der Waals surface area contributed by atoms with Crippen LogP contribution in [0.2, 0.25) is 0 Å². The van der Waals surface area contributed by atoms with E-state index in [0.29, 0.717) is 0 Å². The van der Waals surface area contributed by atoms with E-state index in [4.69, 9.17) is 9.84 Å². The van der Waals surface area contributed by atoms with E-state index < -0.39 is 11.2 Å². The average Bonchev–Trinajstić information content (AvgIpc) is 2.47. The Balaban J connectivity index is 2.03. The number of hydrogen-bond acceptors (Lipinski definition) is 6. The van der Waals surface area contributed by atoms with E-state index in [0.717, 1.165) is 23.1 Å². The molecule has 0 radical (unpaired) electrons. The van der Waals surface area contributed by atoms with Gasteiger partial charge in [-0.05, 0) is 29.8 Å². The molecule has 2 rings (SSSR count). The van der Waals surface area contributed by atoms with E-state index in [9.17, 15) is 9.59 Å². The monoisotopic (exact) mass is 307 g/mol. The maximum atomic E-state index is 11.4. The zero-order chi connectivity index (χ0) is 15.2. The topological polar surface area (TPSA) is 100 Å². The second-order valence-electron chi connectivity index (χ2n) is 4.12. The van der Waals surface area contributed by atoms with Gasteiger partial charge < -0.3 is 15.2 Å². The van der Waals surface area contributed by atoms with Crippen LogP contribution in [-0.2, 0) is 9.59 Å². The van der Waals surface area contributed by atoms with Gasteiger partial charge in [-0.25, -0.2) is 0 Å². The Kier molecular flexibility index (Phi) is 4.94. The van der Waals surface area contributed by atoms with Crippen LogP contribution in [0.4, 0.5) is 0 Å². The van der Waals surface area contributed by atoms with Crippen LogP contribution in [0.25, 0.3) is 0 Å². The second-order valence-corrected chi connectivity index (χ2v) is 5.31. The predicted molar refractivity (Wildman–Crippen MR) is 79.8 cm³/mol. The number of methoxy groups -OCH3 is 1. The molecule has 1 aliphatic rings. The number of thioether (sulfide) groups is 1. The molecule has 1 aromatic rings. The number of nitrogens with one attached hydrogen (secondary N) is 1. The first-order valence-electron chi connectivity index (χ1n) is 6.03. The van der Waals surface area contributed by atoms with Gasteiger partial charge in [0.05, 0.1) is 13.3 Å². The largest absolute Gasteiger partial charge is 0.497 e. The molecule has 1 aliphatic heterocycles. The molecule has 0 spiro atoms. The van der Waals surface area contributed by atoms with Crippen molar-refractivity contribution < 1.29 is 19.4 Å². The molecule has 1 aromatic carbocycles. The Morgan fingerprint density at radius 1 is 1.48 bits per heavy atom. The maximum absolute atomic E-state index is 11.4. The summed E-state index contributed by atoms with van der Waals surface area (Å²) >= 11 is 0.969. The molecular formula is C13H13N3O4S. The summed E-state index contributed by atoms with van der Waals surface area (Å²) in [6.45, 7) is 0. The summed E-state index contributed by atoms with van der Waals surface area (Å²) in [4.78, 5) is 22.3. The zero-order valence-corrected chi connectivity index (χ0v) is 12.0. The minimum absolute atomic E-state index is 0.0682. The van der Waals surface area contributed by atoms with Crippen molar-refractivity contribution in [3.05, 3.63) is 29.8 Å². The molecule has 1 heterocycles. The van der Waals surface area contributed by atoms with Crippen molar-refractivity contribution in [1.82, 2.24) is 5.32 Å². The first-order valence-corrected chi connectivity index (χ1v) is 6.91. The highest BCUT2D eigenvalue weighted by molar-refractivity contribution is 8.15. The Hall–Kier alpha value is -2.35. The molecular weight excluding hydrogens is 294 g/mol. The minimum atomic E-state index is -1.04. The summed E-state index contributed by atoms with van der Waals surface area (Å²) in [6.07, 6.45) is 1.44. The van der Waals surface area contributed by atoms with E-state index in [2.05, 4.69) is 15.5 Å². The summed E-state index contributed by atoms with van der Waals surface area (Å²) in [5.74, 6) is -0.681. The number of amidine groups is 1. The SMILES string of the molecule is COc1ccc(/C=N\N=C2/NC(=O)C[C@H](C(=O)O)S2)cc1. The molecule has 0 bridgehead atoms. The van der Waals surface area contributed by atoms with Crippen LogP contribution >= 0.6 is 11.8 Å². The van der Waals surface area contributed by atoms with Gasteiger partial charge in [-0.2, -0.15) is 5.10 Å². The lowest BCUT2D eigenvalue weighted by Gasteiger charge is -2.18. The molecule has 7 nitrogen and oxygen atoms in total. The highest BCUT2D eigenvalue weighted by Gasteiger charge is 2.29. The van der Waals surface area contributed by atoms with Crippen molar-refractivity contribution in [2.45, 2.75) is 11.7 Å². The number of nitrogens with zero attached hydrogens (tertiary/aromatic N) is 2. The second kappa shape index (κ2) is 6.89. The molecule has 1 saturated heterocycles. The number of rotatable bonds is 4. The summed E-state index contributed by atoms with van der Waals surface area (Å²) in [5, 5.41) is 18.4. The van der Waals surface area contributed by atoms with Gasteiger partial charge in [0.1, 0.15) is 11.0 Å². The Morgan fingerprint density at radius 3 is 2.81 bits per heavy atom. The lowest BCUT2D eigenvalue weighted by molar-refractivity contribution is -0.138. The quantitative estimate of drug-likeness (QED) is 0.640. The number of carboxylic acids is 1. The van der Waals surface area contributed by atoms with Crippen LogP contribution in [0, 0.1) is 0 Å². The van der Waals surface area contributed by atoms with Gasteiger partial charge in [0.15, 0.2) is 5.17 Å². The van der Waals surface area contributed by atoms with E-state index in [-0.39, 0.29) is 17.5 Å². The third-order valence-electron chi connectivity index (χ3n) is 2.62. The van der Waals surface area contributed by atoms with E-state index >= 15 is 0 Å². The van der Waals surface area contributed by atoms with Crippen molar-refractivity contribution in [3.8, 4) is 5.75 Å². The number of amides is 1. The van der Waals surface area contributed by atoms with Crippen molar-refractivity contribution in [3.63, 3.8) is 0 Å². The highest BCUT2D eigenvalue weighted by Crippen LogP contribution is 2.20. The fourth-order valence-electron chi connectivity index (χ4n) is 1.57. The molecule has 2 N–H and O–H groups in total. The normalized spacial score (nSPS) is 20.5. The smallest absolute Gasteiger partial charge is 0.317 e. The van der Waals surface area contributed by atoms with Crippen LogP contribution in [0.3, 0.4) is 0 Å². The zero-order valence-electron chi connectivity index (χ0n) is 11.1. The number of carbonyl (C=O) groups is 2. The first-order chi connectivity index (χ1) is 10.1. The van der Waals surface area contributed by atoms with Crippen molar-refractivity contribution in [1.29, 1.82) is 0 Å². The van der Waals surface area contributed by atoms with Crippen LogP contribution in [-0.4, -0.2) is 40.7 Å². The Labute approximate surface area is 125 Å². The molecule has 0 saturated carbocycles. The fraction of sp³-hybridized carbons (Fsp3) is 0.231. The molecule has 21 heavy (non-hydrogen) atoms. The molecule has 0 aromatic heterocycles. The number of carbonyl (C=O) groups excluding carboxylic acids is 1. The van der Waals surface area contributed by atoms with E-state index in [1.807, 2.05) is 0 Å². The van der Waals surface area contributed by atoms with Gasteiger partial charge in [0.25, 0.3) is 0 Å². The summed E-state index contributed by atoms with van der Waals surface area (Å²) in [5.41, 5.74) is 0.807. The molecule has 1 fully saturated rings. The molecule has 1 atom stereocenters. The number of carboxylic acid groups (broad SMARTS) is 1. The summed E-state index contributed by atoms with van der Waals surface area (Å²) in [6, 6.07) is 7.17. The van der Waals surface area contributed by atoms with Gasteiger partial charge >= 0.3 is 5.97 Å². The van der Waals surface area contributed by atoms with Crippen molar-refractivity contribution in [2.24, 2.45) is 10.2 Å². The van der Waals surface area contributed by atoms with Crippen LogP contribution < -0.4 is 10.1 Å². The van der Waals surface area contributed by atoms with E-state index in [1.54, 1.807) is 31.4 Å². The maximum Gasteiger partial charge on any atom is 0.317 e. The predicted octanol–water partition coefficient (Wildman–Crippen LogP) is 1.09. The third kappa shape index (κ3) is 4.32. The van der Waals surface area contributed by atoms with Crippen molar-refractivity contribution in [2.75, 3.05) is 7.11 Å². The Morgan fingerprint density at radius 2 is 2.19 bits per heavy atom. The van der Waals surface area contributed by atoms with Gasteiger partial charge in [-0.1, -0.05) is 11.8 Å². The lowest BCUT2D eigenvalue weighted by atomic mass is 10.2. The first kappa shape index (κ1) is 15.0. The standard InChI is InChI=1S/C13H13N3O4S/c1-20-9-4-2-8(3-5-9)7-14-16-13-15-11(17)6-10(21-13)12(18)19/h2-5,7,10H,6H2,1H3,(H,18,19)(H,15,16,17)/b14-7-/t10-/m1/s1. The van der Waals surface area contributed by atoms with Gasteiger partial charge in [-0.3, -0.25) is 9.59 Å². The van der Waals surface area contributed by atoms with Gasteiger partial charge in [0.2, 0.25) is 5.91 Å². The number of ether oxygens (including phenoxy) is 1. The molecule has 0 aliphatic carbocycles. The Bertz CT molecular complexity index is 598. The van der Waals surface area contributed by atoms with Gasteiger partial charge in [0, 0.05) is 6.42 Å². The minimum Gasteiger partial charge on any atom is -0.497 e. The van der Waals surface area contributed by atoms with Crippen LogP contribution in [0.1, 0.15) is 12.0 Å². The van der Waals surface area contributed by atoms with E-state index in [1.165, 1.54) is 6.21 Å². The average molecular weight is 307 g/mol. The number of benzene rings is 1. The highest BCUT2D eigenvalue weighted by atomic mass is 32.2. The molecule has 0 unspecified atom stereocenters. The number of hydrogen-bond donors (Lipinski definition) is 2. The summed E-state index contributed by atoms with van der Waals surface area (Å²) < 4.78 is 5.04. The van der Waals surface area contributed by atoms with Crippen LogP contribution in [0.15, 0.2) is 34.5 Å². The van der Waals surface area contributed by atoms with Crippen molar-refractivity contribution >= 4 is 35.0 Å². The van der Waals surface area contributed by atoms with Crippen LogP contribution in [0.5, 0.6) is 5.75 Å². The molecule has 8 heteroatoms. The molecule has 110 valence electrons. The fourth-order valence-corrected chi connectivity index (χ4v) is 2.44. The summed E-state index contributed by atoms with van der Waals surface area (Å²) in [7, 11) is 1.58.